The molecule has 1 aromatic carbocycles. The molecule has 2 bridgehead atoms. The maximum atomic E-state index is 13.4. The first-order valence-electron chi connectivity index (χ1n) is 8.93. The molecule has 0 aliphatic carbocycles. The van der Waals surface area contributed by atoms with E-state index < -0.39 is 15.8 Å². The largest absolute Gasteiger partial charge is 0.279 e. The quantitative estimate of drug-likeness (QED) is 0.752. The van der Waals surface area contributed by atoms with E-state index in [-0.39, 0.29) is 47.7 Å². The minimum atomic E-state index is -3.74. The first-order valence-corrected chi connectivity index (χ1v) is 10.4. The van der Waals surface area contributed by atoms with Crippen molar-refractivity contribution in [2.75, 3.05) is 0 Å². The third kappa shape index (κ3) is 2.66. The Morgan fingerprint density at radius 1 is 1.00 bits per heavy atom. The number of sulfonamides is 1. The molecule has 2 amide bonds. The summed E-state index contributed by atoms with van der Waals surface area (Å²) in [5.74, 6) is -0.760. The highest BCUT2D eigenvalue weighted by Crippen LogP contribution is 2.42. The van der Waals surface area contributed by atoms with Crippen molar-refractivity contribution in [1.82, 2.24) is 9.21 Å². The van der Waals surface area contributed by atoms with Crippen molar-refractivity contribution >= 4 is 21.8 Å². The molecule has 3 aliphatic rings. The fraction of sp³-hybridized carbons (Fsp3) is 0.556. The van der Waals surface area contributed by atoms with Gasteiger partial charge in [-0.3, -0.25) is 14.5 Å². The molecule has 1 aromatic rings. The summed E-state index contributed by atoms with van der Waals surface area (Å²) in [5, 5.41) is 0. The second kappa shape index (κ2) is 6.13. The number of rotatable bonds is 3. The van der Waals surface area contributed by atoms with Gasteiger partial charge < -0.3 is 0 Å². The molecule has 3 heterocycles. The first kappa shape index (κ1) is 17.6. The van der Waals surface area contributed by atoms with Gasteiger partial charge in [-0.1, -0.05) is 0 Å². The normalized spacial score (nSPS) is 29.6. The molecule has 140 valence electrons. The van der Waals surface area contributed by atoms with Crippen molar-refractivity contribution in [3.05, 3.63) is 29.6 Å². The molecule has 6 nitrogen and oxygen atoms in total. The predicted molar refractivity (Wildman–Crippen MR) is 91.1 cm³/mol. The molecule has 8 heteroatoms. The van der Waals surface area contributed by atoms with E-state index in [0.29, 0.717) is 18.4 Å². The number of carbonyl (C=O) groups is 2. The SMILES string of the molecule is Cc1cc(F)ccc1S(=O)(=O)N1C2CCC1CC(N1C(=O)CCC1=O)C2. The summed E-state index contributed by atoms with van der Waals surface area (Å²) in [4.78, 5) is 25.6. The Morgan fingerprint density at radius 2 is 1.58 bits per heavy atom. The van der Waals surface area contributed by atoms with E-state index >= 15 is 0 Å². The van der Waals surface area contributed by atoms with Gasteiger partial charge in [0, 0.05) is 31.0 Å². The lowest BCUT2D eigenvalue weighted by atomic mass is 9.98. The number of halogens is 1. The number of imide groups is 1. The highest BCUT2D eigenvalue weighted by molar-refractivity contribution is 7.89. The highest BCUT2D eigenvalue weighted by Gasteiger charge is 2.50. The van der Waals surface area contributed by atoms with Gasteiger partial charge in [0.1, 0.15) is 5.82 Å². The summed E-state index contributed by atoms with van der Waals surface area (Å²) in [6.45, 7) is 1.59. The Balaban J connectivity index is 1.62. The van der Waals surface area contributed by atoms with Crippen LogP contribution in [0.1, 0.15) is 44.1 Å². The van der Waals surface area contributed by atoms with E-state index in [1.807, 2.05) is 0 Å². The van der Waals surface area contributed by atoms with E-state index in [0.717, 1.165) is 18.9 Å². The van der Waals surface area contributed by atoms with Crippen molar-refractivity contribution in [1.29, 1.82) is 0 Å². The summed E-state index contributed by atoms with van der Waals surface area (Å²) in [5.41, 5.74) is 0.386. The predicted octanol–water partition coefficient (Wildman–Crippen LogP) is 1.97. The minimum absolute atomic E-state index is 0.127. The van der Waals surface area contributed by atoms with Crippen LogP contribution in [0.25, 0.3) is 0 Å². The molecule has 3 fully saturated rings. The molecule has 26 heavy (non-hydrogen) atoms. The van der Waals surface area contributed by atoms with E-state index in [4.69, 9.17) is 0 Å². The maximum Gasteiger partial charge on any atom is 0.243 e. The maximum absolute atomic E-state index is 13.4. The Morgan fingerprint density at radius 3 is 2.12 bits per heavy atom. The number of piperidine rings is 1. The third-order valence-electron chi connectivity index (χ3n) is 5.79. The van der Waals surface area contributed by atoms with Crippen LogP contribution in [0.3, 0.4) is 0 Å². The Labute approximate surface area is 152 Å². The average molecular weight is 380 g/mol. The second-order valence-corrected chi connectivity index (χ2v) is 9.22. The molecule has 2 atom stereocenters. The number of amides is 2. The average Bonchev–Trinajstić information content (AvgIpc) is 3.04. The van der Waals surface area contributed by atoms with Crippen LogP contribution in [-0.4, -0.2) is 47.6 Å². The molecule has 0 radical (unpaired) electrons. The molecule has 4 rings (SSSR count). The van der Waals surface area contributed by atoms with E-state index in [2.05, 4.69) is 0 Å². The zero-order valence-electron chi connectivity index (χ0n) is 14.5. The monoisotopic (exact) mass is 380 g/mol. The summed E-state index contributed by atoms with van der Waals surface area (Å²) >= 11 is 0. The molecule has 0 saturated carbocycles. The zero-order chi connectivity index (χ0) is 18.6. The standard InChI is InChI=1S/C18H21FN2O4S/c1-11-8-12(19)2-5-16(11)26(24,25)21-13-3-4-14(21)10-15(9-13)20-17(22)6-7-18(20)23/h2,5,8,13-15H,3-4,6-7,9-10H2,1H3. The van der Waals surface area contributed by atoms with E-state index in [1.165, 1.54) is 21.3 Å². The van der Waals surface area contributed by atoms with Crippen LogP contribution in [0.2, 0.25) is 0 Å². The van der Waals surface area contributed by atoms with E-state index in [9.17, 15) is 22.4 Å². The van der Waals surface area contributed by atoms with Crippen LogP contribution in [0.5, 0.6) is 0 Å². The number of benzene rings is 1. The molecule has 3 saturated heterocycles. The van der Waals surface area contributed by atoms with Crippen LogP contribution in [0.4, 0.5) is 4.39 Å². The van der Waals surface area contributed by atoms with Crippen LogP contribution in [0, 0.1) is 12.7 Å². The van der Waals surface area contributed by atoms with Gasteiger partial charge in [0.05, 0.1) is 4.90 Å². The van der Waals surface area contributed by atoms with Crippen LogP contribution in [0.15, 0.2) is 23.1 Å². The zero-order valence-corrected chi connectivity index (χ0v) is 15.3. The topological polar surface area (TPSA) is 74.8 Å². The second-order valence-electron chi connectivity index (χ2n) is 7.41. The lowest BCUT2D eigenvalue weighted by Crippen LogP contribution is -2.53. The number of fused-ring (bicyclic) bond motifs is 2. The number of hydrogen-bond acceptors (Lipinski definition) is 4. The molecule has 0 spiro atoms. The molecule has 2 unspecified atom stereocenters. The van der Waals surface area contributed by atoms with Crippen molar-refractivity contribution in [3.8, 4) is 0 Å². The van der Waals surface area contributed by atoms with Gasteiger partial charge in [0.25, 0.3) is 0 Å². The third-order valence-corrected chi connectivity index (χ3v) is 7.95. The van der Waals surface area contributed by atoms with Gasteiger partial charge in [0.15, 0.2) is 0 Å². The van der Waals surface area contributed by atoms with Crippen molar-refractivity contribution in [2.24, 2.45) is 0 Å². The van der Waals surface area contributed by atoms with Crippen LogP contribution in [-0.2, 0) is 19.6 Å². The molecule has 3 aliphatic heterocycles. The number of nitrogens with zero attached hydrogens (tertiary/aromatic N) is 2. The smallest absolute Gasteiger partial charge is 0.243 e. The van der Waals surface area contributed by atoms with Crippen molar-refractivity contribution in [2.45, 2.75) is 68.5 Å². The lowest BCUT2D eigenvalue weighted by Gasteiger charge is -2.40. The lowest BCUT2D eigenvalue weighted by molar-refractivity contribution is -0.142. The first-order chi connectivity index (χ1) is 12.3. The van der Waals surface area contributed by atoms with Crippen molar-refractivity contribution in [3.63, 3.8) is 0 Å². The summed E-state index contributed by atoms with van der Waals surface area (Å²) in [6, 6.07) is 3.04. The fourth-order valence-electron chi connectivity index (χ4n) is 4.73. The molecular formula is C18H21FN2O4S. The van der Waals surface area contributed by atoms with Crippen LogP contribution >= 0.6 is 0 Å². The van der Waals surface area contributed by atoms with Gasteiger partial charge >= 0.3 is 0 Å². The summed E-state index contributed by atoms with van der Waals surface area (Å²) in [6.07, 6.45) is 2.90. The Kier molecular flexibility index (Phi) is 4.15. The fourth-order valence-corrected chi connectivity index (χ4v) is 6.83. The highest BCUT2D eigenvalue weighted by atomic mass is 32.2. The van der Waals surface area contributed by atoms with Gasteiger partial charge in [-0.15, -0.1) is 0 Å². The number of carbonyl (C=O) groups excluding carboxylic acids is 2. The van der Waals surface area contributed by atoms with Gasteiger partial charge in [0.2, 0.25) is 21.8 Å². The summed E-state index contributed by atoms with van der Waals surface area (Å²) < 4.78 is 41.3. The number of aryl methyl sites for hydroxylation is 1. The van der Waals surface area contributed by atoms with Crippen LogP contribution < -0.4 is 0 Å². The minimum Gasteiger partial charge on any atom is -0.279 e. The van der Waals surface area contributed by atoms with Crippen molar-refractivity contribution < 1.29 is 22.4 Å². The molecule has 0 N–H and O–H groups in total. The molecular weight excluding hydrogens is 359 g/mol. The number of likely N-dealkylation sites (tertiary alicyclic amines) is 1. The number of hydrogen-bond donors (Lipinski definition) is 0. The van der Waals surface area contributed by atoms with E-state index in [1.54, 1.807) is 6.92 Å². The molecule has 0 aromatic heterocycles. The summed E-state index contributed by atoms with van der Waals surface area (Å²) in [7, 11) is -3.74. The van der Waals surface area contributed by atoms with Gasteiger partial charge in [-0.25, -0.2) is 12.8 Å². The van der Waals surface area contributed by atoms with Gasteiger partial charge in [-0.2, -0.15) is 4.31 Å². The Hall–Kier alpha value is -1.80. The van der Waals surface area contributed by atoms with Gasteiger partial charge in [-0.05, 0) is 56.4 Å². The Bertz CT molecular complexity index is 855.